The molecule has 0 saturated carbocycles. The SMILES string of the molecule is COc1nccnc1N(C)CC1CCN(c2ccccc2)C1. The Labute approximate surface area is 131 Å². The van der Waals surface area contributed by atoms with Crippen LogP contribution in [0.25, 0.3) is 0 Å². The minimum atomic E-state index is 0.586. The van der Waals surface area contributed by atoms with Crippen LogP contribution in [0.2, 0.25) is 0 Å². The average molecular weight is 298 g/mol. The highest BCUT2D eigenvalue weighted by atomic mass is 16.5. The van der Waals surface area contributed by atoms with Crippen LogP contribution in [-0.4, -0.2) is 43.8 Å². The lowest BCUT2D eigenvalue weighted by Gasteiger charge is -2.23. The molecule has 1 aliphatic heterocycles. The van der Waals surface area contributed by atoms with Crippen LogP contribution in [0.4, 0.5) is 11.5 Å². The highest BCUT2D eigenvalue weighted by Gasteiger charge is 2.25. The summed E-state index contributed by atoms with van der Waals surface area (Å²) in [6.45, 7) is 3.15. The molecular formula is C17H22N4O. The molecule has 0 amide bonds. The molecule has 0 bridgehead atoms. The van der Waals surface area contributed by atoms with Crippen molar-refractivity contribution in [3.8, 4) is 5.88 Å². The fraction of sp³-hybridized carbons (Fsp3) is 0.412. The summed E-state index contributed by atoms with van der Waals surface area (Å²) in [6, 6.07) is 10.6. The molecule has 1 atom stereocenters. The number of methoxy groups -OCH3 is 1. The van der Waals surface area contributed by atoms with Crippen molar-refractivity contribution in [2.24, 2.45) is 5.92 Å². The number of rotatable bonds is 5. The van der Waals surface area contributed by atoms with Crippen molar-refractivity contribution >= 4 is 11.5 Å². The van der Waals surface area contributed by atoms with E-state index in [0.29, 0.717) is 11.8 Å². The summed E-state index contributed by atoms with van der Waals surface area (Å²) in [5, 5.41) is 0. The first kappa shape index (κ1) is 14.6. The van der Waals surface area contributed by atoms with Gasteiger partial charge in [0.2, 0.25) is 0 Å². The minimum absolute atomic E-state index is 0.586. The van der Waals surface area contributed by atoms with Crippen molar-refractivity contribution < 1.29 is 4.74 Å². The molecule has 2 aromatic rings. The molecule has 1 fully saturated rings. The monoisotopic (exact) mass is 298 g/mol. The third kappa shape index (κ3) is 3.13. The predicted octanol–water partition coefficient (Wildman–Crippen LogP) is 2.45. The standard InChI is InChI=1S/C17H22N4O/c1-20(16-17(22-2)19-10-9-18-16)12-14-8-11-21(13-14)15-6-4-3-5-7-15/h3-7,9-10,14H,8,11-13H2,1-2H3. The number of anilines is 2. The van der Waals surface area contributed by atoms with Gasteiger partial charge in [0.25, 0.3) is 5.88 Å². The van der Waals surface area contributed by atoms with E-state index < -0.39 is 0 Å². The summed E-state index contributed by atoms with van der Waals surface area (Å²) in [5.74, 6) is 2.02. The molecule has 0 spiro atoms. The Kier molecular flexibility index (Phi) is 4.42. The van der Waals surface area contributed by atoms with Gasteiger partial charge in [0.15, 0.2) is 5.82 Å². The number of benzene rings is 1. The van der Waals surface area contributed by atoms with Crippen LogP contribution in [0.1, 0.15) is 6.42 Å². The van der Waals surface area contributed by atoms with E-state index in [1.165, 1.54) is 12.1 Å². The van der Waals surface area contributed by atoms with Gasteiger partial charge in [0, 0.05) is 44.8 Å². The van der Waals surface area contributed by atoms with E-state index in [1.807, 2.05) is 0 Å². The van der Waals surface area contributed by atoms with Gasteiger partial charge in [0.05, 0.1) is 7.11 Å². The molecule has 116 valence electrons. The Bertz CT molecular complexity index is 605. The highest BCUT2D eigenvalue weighted by Crippen LogP contribution is 2.27. The molecule has 2 heterocycles. The predicted molar refractivity (Wildman–Crippen MR) is 88.6 cm³/mol. The van der Waals surface area contributed by atoms with Crippen molar-refractivity contribution in [3.63, 3.8) is 0 Å². The zero-order valence-electron chi connectivity index (χ0n) is 13.1. The first-order chi connectivity index (χ1) is 10.8. The zero-order valence-corrected chi connectivity index (χ0v) is 13.1. The first-order valence-electron chi connectivity index (χ1n) is 7.64. The number of hydrogen-bond donors (Lipinski definition) is 0. The molecule has 1 unspecified atom stereocenters. The fourth-order valence-corrected chi connectivity index (χ4v) is 3.05. The van der Waals surface area contributed by atoms with Gasteiger partial charge in [-0.25, -0.2) is 9.97 Å². The van der Waals surface area contributed by atoms with Crippen LogP contribution in [0, 0.1) is 5.92 Å². The zero-order chi connectivity index (χ0) is 15.4. The number of hydrogen-bond acceptors (Lipinski definition) is 5. The maximum absolute atomic E-state index is 5.30. The van der Waals surface area contributed by atoms with Crippen LogP contribution in [0.5, 0.6) is 5.88 Å². The van der Waals surface area contributed by atoms with Crippen molar-refractivity contribution in [1.29, 1.82) is 0 Å². The Hall–Kier alpha value is -2.30. The average Bonchev–Trinajstić information content (AvgIpc) is 3.04. The van der Waals surface area contributed by atoms with E-state index in [0.717, 1.165) is 25.5 Å². The Morgan fingerprint density at radius 3 is 2.77 bits per heavy atom. The largest absolute Gasteiger partial charge is 0.478 e. The van der Waals surface area contributed by atoms with Gasteiger partial charge in [0.1, 0.15) is 0 Å². The van der Waals surface area contributed by atoms with Crippen LogP contribution in [-0.2, 0) is 0 Å². The molecule has 0 aliphatic carbocycles. The molecular weight excluding hydrogens is 276 g/mol. The van der Waals surface area contributed by atoms with Crippen LogP contribution in [0.15, 0.2) is 42.7 Å². The number of ether oxygens (including phenoxy) is 1. The summed E-state index contributed by atoms with van der Waals surface area (Å²) in [6.07, 6.45) is 4.56. The van der Waals surface area contributed by atoms with Gasteiger partial charge in [-0.3, -0.25) is 0 Å². The quantitative estimate of drug-likeness (QED) is 0.848. The number of nitrogens with zero attached hydrogens (tertiary/aromatic N) is 4. The molecule has 1 aliphatic rings. The van der Waals surface area contributed by atoms with E-state index >= 15 is 0 Å². The highest BCUT2D eigenvalue weighted by molar-refractivity contribution is 5.49. The normalized spacial score (nSPS) is 17.5. The van der Waals surface area contributed by atoms with Crippen LogP contribution in [0.3, 0.4) is 0 Å². The van der Waals surface area contributed by atoms with Crippen molar-refractivity contribution in [1.82, 2.24) is 9.97 Å². The van der Waals surface area contributed by atoms with Gasteiger partial charge in [-0.2, -0.15) is 0 Å². The molecule has 0 N–H and O–H groups in total. The van der Waals surface area contributed by atoms with Gasteiger partial charge < -0.3 is 14.5 Å². The fourth-order valence-electron chi connectivity index (χ4n) is 3.05. The lowest BCUT2D eigenvalue weighted by atomic mass is 10.1. The molecule has 22 heavy (non-hydrogen) atoms. The van der Waals surface area contributed by atoms with Gasteiger partial charge in [-0.05, 0) is 24.5 Å². The molecule has 3 rings (SSSR count). The van der Waals surface area contributed by atoms with E-state index in [1.54, 1.807) is 19.5 Å². The molecule has 1 saturated heterocycles. The Morgan fingerprint density at radius 1 is 1.23 bits per heavy atom. The smallest absolute Gasteiger partial charge is 0.257 e. The lowest BCUT2D eigenvalue weighted by Crippen LogP contribution is -2.29. The molecule has 5 nitrogen and oxygen atoms in total. The second-order valence-corrected chi connectivity index (χ2v) is 5.71. The number of aromatic nitrogens is 2. The first-order valence-corrected chi connectivity index (χ1v) is 7.64. The van der Waals surface area contributed by atoms with E-state index in [-0.39, 0.29) is 0 Å². The Balaban J connectivity index is 1.62. The van der Waals surface area contributed by atoms with Crippen molar-refractivity contribution in [2.45, 2.75) is 6.42 Å². The van der Waals surface area contributed by atoms with Crippen molar-refractivity contribution in [3.05, 3.63) is 42.7 Å². The maximum atomic E-state index is 5.30. The minimum Gasteiger partial charge on any atom is -0.478 e. The topological polar surface area (TPSA) is 41.5 Å². The summed E-state index contributed by atoms with van der Waals surface area (Å²) in [7, 11) is 3.69. The summed E-state index contributed by atoms with van der Waals surface area (Å²) >= 11 is 0. The summed E-state index contributed by atoms with van der Waals surface area (Å²) < 4.78 is 5.30. The van der Waals surface area contributed by atoms with Crippen molar-refractivity contribution in [2.75, 3.05) is 43.6 Å². The molecule has 1 aromatic carbocycles. The second kappa shape index (κ2) is 6.64. The second-order valence-electron chi connectivity index (χ2n) is 5.71. The Morgan fingerprint density at radius 2 is 2.00 bits per heavy atom. The lowest BCUT2D eigenvalue weighted by molar-refractivity contribution is 0.395. The molecule has 0 radical (unpaired) electrons. The molecule has 1 aromatic heterocycles. The number of para-hydroxylation sites is 1. The summed E-state index contributed by atoms with van der Waals surface area (Å²) in [4.78, 5) is 13.2. The summed E-state index contributed by atoms with van der Waals surface area (Å²) in [5.41, 5.74) is 1.31. The van der Waals surface area contributed by atoms with Gasteiger partial charge in [-0.15, -0.1) is 0 Å². The van der Waals surface area contributed by atoms with E-state index in [9.17, 15) is 0 Å². The van der Waals surface area contributed by atoms with E-state index in [2.05, 4.69) is 57.1 Å². The molecule has 5 heteroatoms. The van der Waals surface area contributed by atoms with Crippen LogP contribution >= 0.6 is 0 Å². The third-order valence-corrected chi connectivity index (χ3v) is 4.14. The van der Waals surface area contributed by atoms with Crippen LogP contribution < -0.4 is 14.5 Å². The van der Waals surface area contributed by atoms with Gasteiger partial charge in [-0.1, -0.05) is 18.2 Å². The van der Waals surface area contributed by atoms with Gasteiger partial charge >= 0.3 is 0 Å². The van der Waals surface area contributed by atoms with E-state index in [4.69, 9.17) is 4.74 Å². The third-order valence-electron chi connectivity index (χ3n) is 4.14. The maximum Gasteiger partial charge on any atom is 0.257 e.